The number of nitrogens with zero attached hydrogens (tertiary/aromatic N) is 3. The average Bonchev–Trinajstić information content (AvgIpc) is 2.94. The highest BCUT2D eigenvalue weighted by Gasteiger charge is 2.20. The molecule has 2 heterocycles. The zero-order valence-corrected chi connectivity index (χ0v) is 15.7. The normalized spacial score (nSPS) is 14.3. The first kappa shape index (κ1) is 20.5. The number of carbonyl (C=O) groups is 1. The zero-order chi connectivity index (χ0) is 15.4. The highest BCUT2D eigenvalue weighted by Crippen LogP contribution is 2.19. The van der Waals surface area contributed by atoms with E-state index in [4.69, 9.17) is 5.73 Å². The van der Waals surface area contributed by atoms with Crippen LogP contribution in [0.25, 0.3) is 0 Å². The largest absolute Gasteiger partial charge is 0.399 e. The van der Waals surface area contributed by atoms with Crippen molar-refractivity contribution in [2.45, 2.75) is 12.8 Å². The van der Waals surface area contributed by atoms with E-state index in [0.29, 0.717) is 6.42 Å². The van der Waals surface area contributed by atoms with Crippen molar-refractivity contribution in [1.82, 2.24) is 9.88 Å². The summed E-state index contributed by atoms with van der Waals surface area (Å²) in [4.78, 5) is 21.0. The summed E-state index contributed by atoms with van der Waals surface area (Å²) in [5.74, 6) is 0.186. The molecular weight excluding hydrogens is 367 g/mol. The summed E-state index contributed by atoms with van der Waals surface area (Å²) in [6, 6.07) is 7.53. The molecule has 3 rings (SSSR count). The maximum absolute atomic E-state index is 12.5. The van der Waals surface area contributed by atoms with Crippen LogP contribution < -0.4 is 10.6 Å². The molecule has 1 aliphatic rings. The molecule has 1 aromatic heterocycles. The lowest BCUT2D eigenvalue weighted by Gasteiger charge is -2.21. The number of hydrogen-bond donors (Lipinski definition) is 1. The molecule has 0 radical (unpaired) electrons. The molecule has 1 aliphatic heterocycles. The Hall–Kier alpha value is -1.50. The van der Waals surface area contributed by atoms with Crippen molar-refractivity contribution in [2.75, 3.05) is 36.8 Å². The predicted molar refractivity (Wildman–Crippen MR) is 105 cm³/mol. The fraction of sp³-hybridized carbons (Fsp3) is 0.375. The van der Waals surface area contributed by atoms with Crippen molar-refractivity contribution in [3.05, 3.63) is 41.4 Å². The number of halogens is 2. The Morgan fingerprint density at radius 3 is 2.54 bits per heavy atom. The molecule has 2 N–H and O–H groups in total. The number of amides is 1. The van der Waals surface area contributed by atoms with Gasteiger partial charge in [0.05, 0.1) is 6.42 Å². The van der Waals surface area contributed by atoms with Gasteiger partial charge in [-0.15, -0.1) is 36.2 Å². The van der Waals surface area contributed by atoms with Gasteiger partial charge in [0.2, 0.25) is 5.91 Å². The van der Waals surface area contributed by atoms with Crippen LogP contribution in [-0.2, 0) is 11.2 Å². The van der Waals surface area contributed by atoms with Crippen LogP contribution in [0.1, 0.15) is 12.0 Å². The Morgan fingerprint density at radius 2 is 1.88 bits per heavy atom. The van der Waals surface area contributed by atoms with Crippen molar-refractivity contribution in [3.63, 3.8) is 0 Å². The van der Waals surface area contributed by atoms with E-state index in [1.54, 1.807) is 11.3 Å². The lowest BCUT2D eigenvalue weighted by molar-refractivity contribution is -0.130. The van der Waals surface area contributed by atoms with Gasteiger partial charge in [0.15, 0.2) is 5.13 Å². The number of carbonyl (C=O) groups excluding carboxylic acids is 1. The van der Waals surface area contributed by atoms with E-state index < -0.39 is 0 Å². The SMILES string of the molecule is Cl.Cl.Nc1ccc(CC(=O)N2CCCN(c3nccs3)CC2)cc1. The maximum atomic E-state index is 12.5. The summed E-state index contributed by atoms with van der Waals surface area (Å²) >= 11 is 1.65. The summed E-state index contributed by atoms with van der Waals surface area (Å²) < 4.78 is 0. The number of rotatable bonds is 3. The number of hydrogen-bond acceptors (Lipinski definition) is 5. The lowest BCUT2D eigenvalue weighted by atomic mass is 10.1. The van der Waals surface area contributed by atoms with Crippen molar-refractivity contribution < 1.29 is 4.79 Å². The Labute approximate surface area is 158 Å². The Balaban J connectivity index is 0.00000144. The minimum Gasteiger partial charge on any atom is -0.399 e. The van der Waals surface area contributed by atoms with Gasteiger partial charge in [-0.3, -0.25) is 4.79 Å². The maximum Gasteiger partial charge on any atom is 0.227 e. The Bertz CT molecular complexity index is 622. The van der Waals surface area contributed by atoms with Crippen molar-refractivity contribution >= 4 is 52.9 Å². The molecule has 0 spiro atoms. The van der Waals surface area contributed by atoms with Crippen molar-refractivity contribution in [2.24, 2.45) is 0 Å². The standard InChI is InChI=1S/C16H20N4OS.2ClH/c17-14-4-2-13(3-5-14)12-15(21)19-7-1-8-20(10-9-19)16-18-6-11-22-16;;/h2-6,11H,1,7-10,12,17H2;2*1H. The molecular formula is C16H22Cl2N4OS. The minimum absolute atomic E-state index is 0. The van der Waals surface area contributed by atoms with Crippen LogP contribution in [-0.4, -0.2) is 42.0 Å². The number of nitrogens with two attached hydrogens (primary N) is 1. The van der Waals surface area contributed by atoms with Gasteiger partial charge in [0, 0.05) is 43.4 Å². The molecule has 1 saturated heterocycles. The third-order valence-corrected chi connectivity index (χ3v) is 4.71. The molecule has 132 valence electrons. The molecule has 0 bridgehead atoms. The molecule has 24 heavy (non-hydrogen) atoms. The highest BCUT2D eigenvalue weighted by atomic mass is 35.5. The van der Waals surface area contributed by atoms with Crippen LogP contribution in [0.5, 0.6) is 0 Å². The number of benzene rings is 1. The van der Waals surface area contributed by atoms with E-state index in [2.05, 4.69) is 9.88 Å². The van der Waals surface area contributed by atoms with Crippen LogP contribution >= 0.6 is 36.2 Å². The lowest BCUT2D eigenvalue weighted by Crippen LogP contribution is -2.36. The monoisotopic (exact) mass is 388 g/mol. The first-order valence-corrected chi connectivity index (χ1v) is 8.37. The first-order chi connectivity index (χ1) is 10.7. The number of aromatic nitrogens is 1. The smallest absolute Gasteiger partial charge is 0.227 e. The van der Waals surface area contributed by atoms with Gasteiger partial charge in [-0.05, 0) is 24.1 Å². The Morgan fingerprint density at radius 1 is 1.12 bits per heavy atom. The fourth-order valence-electron chi connectivity index (χ4n) is 2.65. The van der Waals surface area contributed by atoms with Gasteiger partial charge < -0.3 is 15.5 Å². The summed E-state index contributed by atoms with van der Waals surface area (Å²) in [6.45, 7) is 3.38. The molecule has 1 fully saturated rings. The molecule has 1 aromatic carbocycles. The van der Waals surface area contributed by atoms with Crippen LogP contribution in [0, 0.1) is 0 Å². The highest BCUT2D eigenvalue weighted by molar-refractivity contribution is 7.13. The van der Waals surface area contributed by atoms with Gasteiger partial charge in [0.25, 0.3) is 0 Å². The van der Waals surface area contributed by atoms with Gasteiger partial charge >= 0.3 is 0 Å². The van der Waals surface area contributed by atoms with Gasteiger partial charge in [-0.1, -0.05) is 12.1 Å². The second kappa shape index (κ2) is 9.71. The second-order valence-corrected chi connectivity index (χ2v) is 6.33. The van der Waals surface area contributed by atoms with E-state index in [-0.39, 0.29) is 30.7 Å². The van der Waals surface area contributed by atoms with E-state index in [1.165, 1.54) is 0 Å². The summed E-state index contributed by atoms with van der Waals surface area (Å²) in [7, 11) is 0. The molecule has 1 amide bonds. The first-order valence-electron chi connectivity index (χ1n) is 7.49. The van der Waals surface area contributed by atoms with Crippen LogP contribution in [0.15, 0.2) is 35.8 Å². The second-order valence-electron chi connectivity index (χ2n) is 5.45. The number of nitrogen functional groups attached to an aromatic ring is 1. The molecule has 5 nitrogen and oxygen atoms in total. The predicted octanol–water partition coefficient (Wildman–Crippen LogP) is 2.85. The summed E-state index contributed by atoms with van der Waals surface area (Å²) in [6.07, 6.45) is 3.25. The number of anilines is 2. The van der Waals surface area contributed by atoms with E-state index in [1.807, 2.05) is 40.7 Å². The topological polar surface area (TPSA) is 62.5 Å². The average molecular weight is 389 g/mol. The molecule has 8 heteroatoms. The van der Waals surface area contributed by atoms with Gasteiger partial charge in [0.1, 0.15) is 0 Å². The van der Waals surface area contributed by atoms with Gasteiger partial charge in [-0.2, -0.15) is 0 Å². The van der Waals surface area contributed by atoms with E-state index >= 15 is 0 Å². The number of thiazole rings is 1. The summed E-state index contributed by atoms with van der Waals surface area (Å²) in [5, 5.41) is 3.04. The van der Waals surface area contributed by atoms with Gasteiger partial charge in [-0.25, -0.2) is 4.98 Å². The van der Waals surface area contributed by atoms with Crippen molar-refractivity contribution in [3.8, 4) is 0 Å². The van der Waals surface area contributed by atoms with Crippen LogP contribution in [0.2, 0.25) is 0 Å². The Kier molecular flexibility index (Phi) is 8.31. The summed E-state index contributed by atoms with van der Waals surface area (Å²) in [5.41, 5.74) is 7.42. The quantitative estimate of drug-likeness (QED) is 0.821. The molecule has 0 unspecified atom stereocenters. The minimum atomic E-state index is 0. The van der Waals surface area contributed by atoms with Crippen LogP contribution in [0.3, 0.4) is 0 Å². The molecule has 0 saturated carbocycles. The third-order valence-electron chi connectivity index (χ3n) is 3.87. The zero-order valence-electron chi connectivity index (χ0n) is 13.3. The molecule has 0 aliphatic carbocycles. The third kappa shape index (κ3) is 5.26. The molecule has 2 aromatic rings. The van der Waals surface area contributed by atoms with Crippen molar-refractivity contribution in [1.29, 1.82) is 0 Å². The van der Waals surface area contributed by atoms with E-state index in [9.17, 15) is 4.79 Å². The van der Waals surface area contributed by atoms with Crippen LogP contribution in [0.4, 0.5) is 10.8 Å². The molecule has 0 atom stereocenters. The fourth-order valence-corrected chi connectivity index (χ4v) is 3.35. The van der Waals surface area contributed by atoms with E-state index in [0.717, 1.165) is 49.0 Å².